The van der Waals surface area contributed by atoms with Crippen LogP contribution in [0.1, 0.15) is 12.8 Å². The second-order valence-electron chi connectivity index (χ2n) is 7.81. The van der Waals surface area contributed by atoms with Crippen LogP contribution in [-0.2, 0) is 19.1 Å². The van der Waals surface area contributed by atoms with E-state index in [-0.39, 0.29) is 25.9 Å². The number of para-hydroxylation sites is 2. The summed E-state index contributed by atoms with van der Waals surface area (Å²) in [7, 11) is 0. The molecule has 0 N–H and O–H groups in total. The molecule has 0 atom stereocenters. The van der Waals surface area contributed by atoms with E-state index in [0.717, 1.165) is 14.7 Å². The van der Waals surface area contributed by atoms with Crippen molar-refractivity contribution in [2.24, 2.45) is 5.92 Å². The molecule has 0 bridgehead atoms. The molecule has 0 aromatic heterocycles. The number of anilines is 2. The van der Waals surface area contributed by atoms with Crippen LogP contribution in [-0.4, -0.2) is 55.3 Å². The Morgan fingerprint density at radius 1 is 0.912 bits per heavy atom. The molecule has 2 aliphatic heterocycles. The maximum Gasteiger partial charge on any atom is 0.422 e. The van der Waals surface area contributed by atoms with E-state index in [1.807, 2.05) is 48.5 Å². The summed E-state index contributed by atoms with van der Waals surface area (Å²) in [6, 6.07) is 14.9. The van der Waals surface area contributed by atoms with E-state index < -0.39 is 43.3 Å². The van der Waals surface area contributed by atoms with Gasteiger partial charge in [0.25, 0.3) is 5.91 Å². The quantitative estimate of drug-likeness (QED) is 0.570. The van der Waals surface area contributed by atoms with Crippen molar-refractivity contribution in [3.63, 3.8) is 0 Å². The van der Waals surface area contributed by atoms with E-state index in [1.165, 1.54) is 4.90 Å². The standard InChI is InChI=1S/C23H21F3N2O5S/c24-23(25,26)14-33-22(31)27-11-9-15(10-12-27)21(30)32-13-20(29)28-16-5-1-3-7-18(16)34-19-8-4-2-6-17(19)28/h1-8,15H,9-14H2. The molecule has 2 aromatic carbocycles. The van der Waals surface area contributed by atoms with E-state index in [4.69, 9.17) is 4.74 Å². The highest BCUT2D eigenvalue weighted by Gasteiger charge is 2.34. The molecule has 0 saturated carbocycles. The normalized spacial score (nSPS) is 15.9. The lowest BCUT2D eigenvalue weighted by Gasteiger charge is -2.32. The molecule has 180 valence electrons. The third-order valence-corrected chi connectivity index (χ3v) is 6.60. The molecule has 0 radical (unpaired) electrons. The lowest BCUT2D eigenvalue weighted by Crippen LogP contribution is -2.42. The zero-order valence-corrected chi connectivity index (χ0v) is 18.7. The Bertz CT molecular complexity index is 1040. The third kappa shape index (κ3) is 5.46. The average molecular weight is 494 g/mol. The van der Waals surface area contributed by atoms with Crippen molar-refractivity contribution in [1.29, 1.82) is 0 Å². The number of nitrogens with zero attached hydrogens (tertiary/aromatic N) is 2. The molecule has 0 unspecified atom stereocenters. The lowest BCUT2D eigenvalue weighted by atomic mass is 9.97. The number of fused-ring (bicyclic) bond motifs is 2. The summed E-state index contributed by atoms with van der Waals surface area (Å²) in [4.78, 5) is 41.8. The van der Waals surface area contributed by atoms with Crippen LogP contribution in [0.25, 0.3) is 0 Å². The predicted octanol–water partition coefficient (Wildman–Crippen LogP) is 4.77. The van der Waals surface area contributed by atoms with Crippen LogP contribution < -0.4 is 4.90 Å². The van der Waals surface area contributed by atoms with Gasteiger partial charge in [-0.1, -0.05) is 36.0 Å². The molecule has 7 nitrogen and oxygen atoms in total. The van der Waals surface area contributed by atoms with Crippen molar-refractivity contribution in [2.45, 2.75) is 28.8 Å². The number of piperidine rings is 1. The van der Waals surface area contributed by atoms with Crippen LogP contribution in [0.15, 0.2) is 58.3 Å². The van der Waals surface area contributed by atoms with Gasteiger partial charge in [-0.2, -0.15) is 13.2 Å². The highest BCUT2D eigenvalue weighted by molar-refractivity contribution is 7.99. The molecule has 0 aliphatic carbocycles. The van der Waals surface area contributed by atoms with Crippen LogP contribution in [0.4, 0.5) is 29.3 Å². The lowest BCUT2D eigenvalue weighted by molar-refractivity contribution is -0.163. The van der Waals surface area contributed by atoms with E-state index in [9.17, 15) is 27.6 Å². The molecule has 2 aromatic rings. The summed E-state index contributed by atoms with van der Waals surface area (Å²) in [6.45, 7) is -1.99. The van der Waals surface area contributed by atoms with E-state index in [2.05, 4.69) is 4.74 Å². The highest BCUT2D eigenvalue weighted by atomic mass is 32.2. The van der Waals surface area contributed by atoms with Gasteiger partial charge in [0.2, 0.25) is 0 Å². The number of carbonyl (C=O) groups is 3. The first kappa shape index (κ1) is 23.9. The van der Waals surface area contributed by atoms with Gasteiger partial charge in [-0.25, -0.2) is 4.79 Å². The van der Waals surface area contributed by atoms with Gasteiger partial charge >= 0.3 is 18.2 Å². The van der Waals surface area contributed by atoms with Gasteiger partial charge < -0.3 is 14.4 Å². The van der Waals surface area contributed by atoms with Crippen molar-refractivity contribution in [1.82, 2.24) is 4.90 Å². The van der Waals surface area contributed by atoms with Crippen LogP contribution in [0, 0.1) is 5.92 Å². The molecule has 1 saturated heterocycles. The molecule has 2 amide bonds. The number of ether oxygens (including phenoxy) is 2. The number of carbonyl (C=O) groups excluding carboxylic acids is 3. The molecule has 34 heavy (non-hydrogen) atoms. The van der Waals surface area contributed by atoms with Crippen molar-refractivity contribution in [3.05, 3.63) is 48.5 Å². The molecule has 1 fully saturated rings. The number of amides is 2. The summed E-state index contributed by atoms with van der Waals surface area (Å²) in [6.07, 6.45) is -5.25. The smallest absolute Gasteiger partial charge is 0.422 e. The summed E-state index contributed by atoms with van der Waals surface area (Å²) in [5.41, 5.74) is 1.41. The SMILES string of the molecule is O=C(OCC(=O)N1c2ccccc2Sc2ccccc21)C1CCN(C(=O)OCC(F)(F)F)CC1. The van der Waals surface area contributed by atoms with Gasteiger partial charge in [-0.05, 0) is 37.1 Å². The molecule has 11 heteroatoms. The number of rotatable bonds is 4. The number of benzene rings is 2. The number of esters is 1. The number of alkyl halides is 3. The minimum absolute atomic E-state index is 0.0640. The Morgan fingerprint density at radius 3 is 2.03 bits per heavy atom. The average Bonchev–Trinajstić information content (AvgIpc) is 2.83. The Labute approximate surface area is 197 Å². The van der Waals surface area contributed by atoms with Crippen LogP contribution in [0.3, 0.4) is 0 Å². The van der Waals surface area contributed by atoms with Crippen molar-refractivity contribution >= 4 is 41.1 Å². The summed E-state index contributed by atoms with van der Waals surface area (Å²) in [5, 5.41) is 0. The fraction of sp³-hybridized carbons (Fsp3) is 0.348. The van der Waals surface area contributed by atoms with Gasteiger partial charge in [0.05, 0.1) is 17.3 Å². The van der Waals surface area contributed by atoms with Gasteiger partial charge in [0, 0.05) is 22.9 Å². The fourth-order valence-electron chi connectivity index (χ4n) is 3.82. The molecular weight excluding hydrogens is 473 g/mol. The fourth-order valence-corrected chi connectivity index (χ4v) is 4.88. The maximum absolute atomic E-state index is 13.1. The second kappa shape index (κ2) is 9.96. The van der Waals surface area contributed by atoms with Crippen molar-refractivity contribution in [2.75, 3.05) is 31.2 Å². The largest absolute Gasteiger partial charge is 0.455 e. The molecule has 2 aliphatic rings. The molecular formula is C23H21F3N2O5S. The number of likely N-dealkylation sites (tertiary alicyclic amines) is 1. The van der Waals surface area contributed by atoms with Crippen LogP contribution in [0.2, 0.25) is 0 Å². The topological polar surface area (TPSA) is 76.2 Å². The Morgan fingerprint density at radius 2 is 1.47 bits per heavy atom. The molecule has 2 heterocycles. The number of hydrogen-bond acceptors (Lipinski definition) is 6. The van der Waals surface area contributed by atoms with Gasteiger partial charge in [0.1, 0.15) is 0 Å². The zero-order valence-electron chi connectivity index (χ0n) is 17.9. The first-order chi connectivity index (χ1) is 16.2. The minimum atomic E-state index is -4.60. The third-order valence-electron chi connectivity index (χ3n) is 5.47. The van der Waals surface area contributed by atoms with Crippen LogP contribution in [0.5, 0.6) is 0 Å². The zero-order chi connectivity index (χ0) is 24.3. The Kier molecular flexibility index (Phi) is 7.01. The summed E-state index contributed by atoms with van der Waals surface area (Å²) >= 11 is 1.55. The van der Waals surface area contributed by atoms with Crippen molar-refractivity contribution < 1.29 is 37.0 Å². The maximum atomic E-state index is 13.1. The second-order valence-corrected chi connectivity index (χ2v) is 8.89. The first-order valence-electron chi connectivity index (χ1n) is 10.6. The highest BCUT2D eigenvalue weighted by Crippen LogP contribution is 2.47. The van der Waals surface area contributed by atoms with E-state index in [1.54, 1.807) is 11.8 Å². The van der Waals surface area contributed by atoms with Gasteiger partial charge in [-0.15, -0.1) is 0 Å². The minimum Gasteiger partial charge on any atom is -0.455 e. The molecule has 4 rings (SSSR count). The predicted molar refractivity (Wildman–Crippen MR) is 117 cm³/mol. The molecule has 0 spiro atoms. The Hall–Kier alpha value is -3.21. The van der Waals surface area contributed by atoms with E-state index >= 15 is 0 Å². The monoisotopic (exact) mass is 494 g/mol. The summed E-state index contributed by atoms with van der Waals surface area (Å²) in [5.74, 6) is -1.54. The Balaban J connectivity index is 1.32. The van der Waals surface area contributed by atoms with Gasteiger partial charge in [0.15, 0.2) is 13.2 Å². The van der Waals surface area contributed by atoms with E-state index in [0.29, 0.717) is 11.4 Å². The van der Waals surface area contributed by atoms with Crippen molar-refractivity contribution in [3.8, 4) is 0 Å². The van der Waals surface area contributed by atoms with Gasteiger partial charge in [-0.3, -0.25) is 14.5 Å². The van der Waals surface area contributed by atoms with Crippen LogP contribution >= 0.6 is 11.8 Å². The summed E-state index contributed by atoms with van der Waals surface area (Å²) < 4.78 is 46.2. The first-order valence-corrected chi connectivity index (χ1v) is 11.4. The number of halogens is 3. The number of hydrogen-bond donors (Lipinski definition) is 0.